The summed E-state index contributed by atoms with van der Waals surface area (Å²) in [4.78, 5) is 16.6. The largest absolute Gasteiger partial charge is 0.460 e. The van der Waals surface area contributed by atoms with Crippen molar-refractivity contribution in [1.29, 1.82) is 0 Å². The molecule has 7 nitrogen and oxygen atoms in total. The summed E-state index contributed by atoms with van der Waals surface area (Å²) in [7, 11) is -3.32. The molecular formula is C26H24ClF2N3O4S. The zero-order valence-electron chi connectivity index (χ0n) is 20.0. The third-order valence-electron chi connectivity index (χ3n) is 5.70. The van der Waals surface area contributed by atoms with Gasteiger partial charge in [-0.3, -0.25) is 4.79 Å². The molecule has 1 heterocycles. The molecule has 4 rings (SSSR count). The number of rotatable bonds is 9. The number of benzene rings is 3. The van der Waals surface area contributed by atoms with E-state index in [1.165, 1.54) is 47.0 Å². The van der Waals surface area contributed by atoms with Crippen LogP contribution in [-0.2, 0) is 33.7 Å². The van der Waals surface area contributed by atoms with Crippen molar-refractivity contribution in [3.05, 3.63) is 83.1 Å². The first-order valence-electron chi connectivity index (χ1n) is 11.5. The molecule has 1 amide bonds. The van der Waals surface area contributed by atoms with Crippen molar-refractivity contribution < 1.29 is 26.7 Å². The summed E-state index contributed by atoms with van der Waals surface area (Å²) in [6.45, 7) is 3.55. The van der Waals surface area contributed by atoms with Crippen LogP contribution in [0.25, 0.3) is 11.0 Å². The van der Waals surface area contributed by atoms with Crippen molar-refractivity contribution in [2.45, 2.75) is 37.8 Å². The van der Waals surface area contributed by atoms with Crippen LogP contribution in [0.4, 0.5) is 14.5 Å². The molecule has 0 unspecified atom stereocenters. The Balaban J connectivity index is 1.42. The second-order valence-electron chi connectivity index (χ2n) is 8.23. The second-order valence-corrected chi connectivity index (χ2v) is 10.9. The fourth-order valence-electron chi connectivity index (χ4n) is 3.82. The monoisotopic (exact) mass is 547 g/mol. The number of sulfone groups is 1. The number of carbonyl (C=O) groups excluding carboxylic acids is 1. The number of ether oxygens (including phenoxy) is 1. The number of nitrogens with one attached hydrogen (secondary N) is 1. The number of imidazole rings is 1. The Morgan fingerprint density at radius 1 is 1.05 bits per heavy atom. The number of hydrogen-bond donors (Lipinski definition) is 1. The Labute approximate surface area is 218 Å². The van der Waals surface area contributed by atoms with Gasteiger partial charge in [-0.05, 0) is 67.1 Å². The fraction of sp³-hybridized carbons (Fsp3) is 0.231. The van der Waals surface area contributed by atoms with Gasteiger partial charge in [-0.25, -0.2) is 13.4 Å². The molecule has 194 valence electrons. The first-order chi connectivity index (χ1) is 17.5. The van der Waals surface area contributed by atoms with E-state index in [1.54, 1.807) is 38.1 Å². The number of amides is 1. The second kappa shape index (κ2) is 10.5. The van der Waals surface area contributed by atoms with E-state index in [-0.39, 0.29) is 35.3 Å². The zero-order valence-corrected chi connectivity index (χ0v) is 21.6. The molecule has 0 saturated heterocycles. The number of hydrogen-bond acceptors (Lipinski definition) is 5. The lowest BCUT2D eigenvalue weighted by atomic mass is 10.1. The molecule has 0 aliphatic heterocycles. The van der Waals surface area contributed by atoms with Crippen LogP contribution >= 0.6 is 11.6 Å². The lowest BCUT2D eigenvalue weighted by Gasteiger charge is -2.18. The maximum absolute atomic E-state index is 15.1. The fourth-order valence-corrected chi connectivity index (χ4v) is 4.87. The number of nitrogens with zero attached hydrogens (tertiary/aromatic N) is 2. The third-order valence-corrected chi connectivity index (χ3v) is 7.68. The predicted octanol–water partition coefficient (Wildman–Crippen LogP) is 5.81. The summed E-state index contributed by atoms with van der Waals surface area (Å²) in [5.41, 5.74) is 1.88. The number of aromatic nitrogens is 2. The molecule has 0 bridgehead atoms. The number of carbonyl (C=O) groups is 1. The molecular weight excluding hydrogens is 524 g/mol. The highest BCUT2D eigenvalue weighted by Gasteiger charge is 2.40. The molecule has 1 aromatic heterocycles. The van der Waals surface area contributed by atoms with Crippen LogP contribution in [0.5, 0.6) is 5.75 Å². The zero-order chi connectivity index (χ0) is 26.8. The maximum Gasteiger partial charge on any atom is 0.460 e. The van der Waals surface area contributed by atoms with Crippen molar-refractivity contribution in [2.75, 3.05) is 11.1 Å². The highest BCUT2D eigenvalue weighted by molar-refractivity contribution is 7.91. The third kappa shape index (κ3) is 5.91. The van der Waals surface area contributed by atoms with E-state index in [0.29, 0.717) is 27.3 Å². The van der Waals surface area contributed by atoms with Crippen molar-refractivity contribution in [1.82, 2.24) is 9.55 Å². The van der Waals surface area contributed by atoms with E-state index in [9.17, 15) is 13.2 Å². The molecule has 11 heteroatoms. The molecule has 37 heavy (non-hydrogen) atoms. The van der Waals surface area contributed by atoms with Crippen molar-refractivity contribution in [3.8, 4) is 5.75 Å². The lowest BCUT2D eigenvalue weighted by molar-refractivity contribution is -0.193. The highest BCUT2D eigenvalue weighted by Crippen LogP contribution is 2.34. The standard InChI is InChI=1S/C26H24ClF2N3O4S/c1-3-32-23-14-7-18(27)16-22(23)31-25(32)26(28,29)36-20-10-8-19(9-11-20)30-24(33)15-17-5-12-21(13-6-17)37(34,35)4-2/h5-14,16H,3-4,15H2,1-2H3,(H,30,33). The Morgan fingerprint density at radius 3 is 2.35 bits per heavy atom. The summed E-state index contributed by atoms with van der Waals surface area (Å²) >= 11 is 5.97. The Bertz CT molecular complexity index is 1540. The lowest BCUT2D eigenvalue weighted by Crippen LogP contribution is -2.26. The highest BCUT2D eigenvalue weighted by atomic mass is 35.5. The van der Waals surface area contributed by atoms with Crippen LogP contribution < -0.4 is 10.1 Å². The minimum atomic E-state index is -3.72. The molecule has 1 N–H and O–H groups in total. The number of fused-ring (bicyclic) bond motifs is 1. The molecule has 4 aromatic rings. The predicted molar refractivity (Wildman–Crippen MR) is 138 cm³/mol. The van der Waals surface area contributed by atoms with Crippen LogP contribution in [0, 0.1) is 0 Å². The first kappa shape index (κ1) is 26.6. The average molecular weight is 548 g/mol. The van der Waals surface area contributed by atoms with Gasteiger partial charge in [0.1, 0.15) is 5.75 Å². The minimum absolute atomic E-state index is 0.00797. The molecule has 0 aliphatic rings. The molecule has 0 aliphatic carbocycles. The number of alkyl halides is 2. The average Bonchev–Trinajstić information content (AvgIpc) is 3.24. The van der Waals surface area contributed by atoms with E-state index in [4.69, 9.17) is 16.3 Å². The van der Waals surface area contributed by atoms with E-state index in [2.05, 4.69) is 10.3 Å². The van der Waals surface area contributed by atoms with E-state index < -0.39 is 21.8 Å². The number of halogens is 3. The van der Waals surface area contributed by atoms with Crippen LogP contribution in [0.1, 0.15) is 25.2 Å². The first-order valence-corrected chi connectivity index (χ1v) is 13.5. The van der Waals surface area contributed by atoms with Crippen molar-refractivity contribution in [2.24, 2.45) is 0 Å². The molecule has 0 radical (unpaired) electrons. The van der Waals surface area contributed by atoms with Gasteiger partial charge in [0.05, 0.1) is 28.1 Å². The van der Waals surface area contributed by atoms with Gasteiger partial charge in [0.2, 0.25) is 11.7 Å². The minimum Gasteiger partial charge on any atom is -0.427 e. The Morgan fingerprint density at radius 2 is 1.73 bits per heavy atom. The van der Waals surface area contributed by atoms with Gasteiger partial charge in [-0.2, -0.15) is 8.78 Å². The van der Waals surface area contributed by atoms with Gasteiger partial charge < -0.3 is 14.6 Å². The number of anilines is 1. The molecule has 0 saturated carbocycles. The van der Waals surface area contributed by atoms with Gasteiger partial charge in [0.25, 0.3) is 0 Å². The molecule has 3 aromatic carbocycles. The summed E-state index contributed by atoms with van der Waals surface area (Å²) in [5, 5.41) is 3.07. The maximum atomic E-state index is 15.1. The van der Waals surface area contributed by atoms with Crippen LogP contribution in [0.2, 0.25) is 5.02 Å². The molecule has 0 spiro atoms. The van der Waals surface area contributed by atoms with Crippen molar-refractivity contribution >= 4 is 44.1 Å². The Hall–Kier alpha value is -3.50. The van der Waals surface area contributed by atoms with Crippen LogP contribution in [-0.4, -0.2) is 29.6 Å². The van der Waals surface area contributed by atoms with Gasteiger partial charge in [-0.15, -0.1) is 0 Å². The number of aryl methyl sites for hydroxylation is 1. The summed E-state index contributed by atoms with van der Waals surface area (Å²) in [6.07, 6.45) is -3.70. The van der Waals surface area contributed by atoms with Gasteiger partial charge in [0.15, 0.2) is 9.84 Å². The summed E-state index contributed by atoms with van der Waals surface area (Å²) in [5.74, 6) is -1.00. The van der Waals surface area contributed by atoms with Gasteiger partial charge in [0, 0.05) is 17.3 Å². The van der Waals surface area contributed by atoms with E-state index in [1.807, 2.05) is 0 Å². The molecule has 0 fully saturated rings. The van der Waals surface area contributed by atoms with E-state index >= 15 is 8.78 Å². The normalized spacial score (nSPS) is 12.0. The summed E-state index contributed by atoms with van der Waals surface area (Å²) < 4.78 is 60.3. The van der Waals surface area contributed by atoms with E-state index in [0.717, 1.165) is 0 Å². The molecule has 0 atom stereocenters. The van der Waals surface area contributed by atoms with Gasteiger partial charge in [-0.1, -0.05) is 30.7 Å². The van der Waals surface area contributed by atoms with Gasteiger partial charge >= 0.3 is 6.11 Å². The van der Waals surface area contributed by atoms with Crippen molar-refractivity contribution in [3.63, 3.8) is 0 Å². The quantitative estimate of drug-likeness (QED) is 0.285. The summed E-state index contributed by atoms with van der Waals surface area (Å²) in [6, 6.07) is 16.4. The topological polar surface area (TPSA) is 90.3 Å². The van der Waals surface area contributed by atoms with Crippen LogP contribution in [0.15, 0.2) is 71.6 Å². The smallest absolute Gasteiger partial charge is 0.427 e. The SMILES string of the molecule is CCn1c(C(F)(F)Oc2ccc(NC(=O)Cc3ccc(S(=O)(=O)CC)cc3)cc2)nc2cc(Cl)ccc21. The Kier molecular flexibility index (Phi) is 7.52. The van der Waals surface area contributed by atoms with Crippen LogP contribution in [0.3, 0.4) is 0 Å².